The van der Waals surface area contributed by atoms with Crippen molar-refractivity contribution >= 4 is 5.78 Å². The van der Waals surface area contributed by atoms with E-state index in [9.17, 15) is 4.79 Å². The Bertz CT molecular complexity index is 347. The molecule has 3 nitrogen and oxygen atoms in total. The topological polar surface area (TPSA) is 35.5 Å². The normalized spacial score (nSPS) is 47.2. The van der Waals surface area contributed by atoms with Gasteiger partial charge >= 0.3 is 0 Å². The Morgan fingerprint density at radius 2 is 2.12 bits per heavy atom. The average molecular weight is 222 g/mol. The highest BCUT2D eigenvalue weighted by Crippen LogP contribution is 2.44. The van der Waals surface area contributed by atoms with E-state index in [2.05, 4.69) is 6.92 Å². The summed E-state index contributed by atoms with van der Waals surface area (Å²) in [7, 11) is 0. The van der Waals surface area contributed by atoms with E-state index in [1.165, 1.54) is 5.57 Å². The minimum atomic E-state index is -0.0922. The number of hydrogen-bond acceptors (Lipinski definition) is 3. The predicted octanol–water partition coefficient (Wildman–Crippen LogP) is 2.06. The summed E-state index contributed by atoms with van der Waals surface area (Å²) >= 11 is 0. The fourth-order valence-electron chi connectivity index (χ4n) is 3.34. The highest BCUT2D eigenvalue weighted by atomic mass is 16.7. The summed E-state index contributed by atoms with van der Waals surface area (Å²) in [5.41, 5.74) is 1.26. The molecule has 0 amide bonds. The molecule has 88 valence electrons. The van der Waals surface area contributed by atoms with Crippen molar-refractivity contribution in [2.75, 3.05) is 0 Å². The van der Waals surface area contributed by atoms with Gasteiger partial charge in [-0.2, -0.15) is 0 Å². The van der Waals surface area contributed by atoms with Crippen LogP contribution >= 0.6 is 0 Å². The van der Waals surface area contributed by atoms with Gasteiger partial charge in [-0.05, 0) is 25.8 Å². The predicted molar refractivity (Wildman–Crippen MR) is 58.8 cm³/mol. The maximum Gasteiger partial charge on any atom is 0.155 e. The molecule has 1 saturated carbocycles. The fraction of sp³-hybridized carbons (Fsp3) is 0.769. The molecule has 2 aliphatic carbocycles. The van der Waals surface area contributed by atoms with E-state index >= 15 is 0 Å². The minimum absolute atomic E-state index is 0.0922. The van der Waals surface area contributed by atoms with Crippen LogP contribution < -0.4 is 0 Å². The largest absolute Gasteiger partial charge is 0.349 e. The molecule has 2 fully saturated rings. The van der Waals surface area contributed by atoms with Crippen LogP contribution in [-0.4, -0.2) is 24.3 Å². The smallest absolute Gasteiger partial charge is 0.155 e. The molecular weight excluding hydrogens is 204 g/mol. The Kier molecular flexibility index (Phi) is 2.41. The molecule has 0 N–H and O–H groups in total. The van der Waals surface area contributed by atoms with E-state index in [1.807, 2.05) is 13.0 Å². The van der Waals surface area contributed by atoms with E-state index < -0.39 is 0 Å². The van der Waals surface area contributed by atoms with Crippen LogP contribution in [0, 0.1) is 11.8 Å². The van der Waals surface area contributed by atoms with Crippen molar-refractivity contribution < 1.29 is 14.3 Å². The molecule has 3 rings (SSSR count). The zero-order chi connectivity index (χ0) is 11.3. The summed E-state index contributed by atoms with van der Waals surface area (Å²) in [4.78, 5) is 11.4. The number of allylic oxidation sites excluding steroid dienone is 1. The Hall–Kier alpha value is -0.670. The van der Waals surface area contributed by atoms with Gasteiger partial charge in [-0.1, -0.05) is 12.5 Å². The maximum atomic E-state index is 11.4. The number of carbonyl (C=O) groups excluding carboxylic acids is 1. The van der Waals surface area contributed by atoms with Gasteiger partial charge in [0.25, 0.3) is 0 Å². The standard InChI is InChI=1S/C13H18O3/c1-7-12-6-9-5-10(14)3-4-11(9)13(7)16-8(2)15-12/h5,7-8,11-13H,3-4,6H2,1-2H3. The highest BCUT2D eigenvalue weighted by Gasteiger charge is 2.46. The number of fused-ring (bicyclic) bond motifs is 4. The monoisotopic (exact) mass is 222 g/mol. The average Bonchev–Trinajstić information content (AvgIpc) is 2.21. The molecular formula is C13H18O3. The molecule has 0 aromatic rings. The lowest BCUT2D eigenvalue weighted by Crippen LogP contribution is -2.52. The van der Waals surface area contributed by atoms with Crippen molar-refractivity contribution in [3.63, 3.8) is 0 Å². The first kappa shape index (κ1) is 10.5. The molecule has 5 unspecified atom stereocenters. The van der Waals surface area contributed by atoms with Crippen LogP contribution in [0.15, 0.2) is 11.6 Å². The molecule has 0 radical (unpaired) electrons. The second kappa shape index (κ2) is 3.67. The number of hydrogen-bond donors (Lipinski definition) is 0. The van der Waals surface area contributed by atoms with Gasteiger partial charge in [0.15, 0.2) is 12.1 Å². The maximum absolute atomic E-state index is 11.4. The number of ketones is 1. The van der Waals surface area contributed by atoms with Gasteiger partial charge in [-0.3, -0.25) is 4.79 Å². The fourth-order valence-corrected chi connectivity index (χ4v) is 3.34. The lowest BCUT2D eigenvalue weighted by atomic mass is 9.69. The molecule has 3 heteroatoms. The van der Waals surface area contributed by atoms with Crippen molar-refractivity contribution in [1.29, 1.82) is 0 Å². The molecule has 0 aromatic heterocycles. The molecule has 0 spiro atoms. The van der Waals surface area contributed by atoms with Crippen molar-refractivity contribution in [2.45, 2.75) is 51.6 Å². The van der Waals surface area contributed by atoms with E-state index in [-0.39, 0.29) is 24.3 Å². The van der Waals surface area contributed by atoms with Crippen LogP contribution in [0.5, 0.6) is 0 Å². The first-order valence-electron chi connectivity index (χ1n) is 6.19. The van der Waals surface area contributed by atoms with Gasteiger partial charge in [0.2, 0.25) is 0 Å². The first-order valence-corrected chi connectivity index (χ1v) is 6.19. The summed E-state index contributed by atoms with van der Waals surface area (Å²) < 4.78 is 11.7. The van der Waals surface area contributed by atoms with E-state index in [4.69, 9.17) is 9.47 Å². The lowest BCUT2D eigenvalue weighted by molar-refractivity contribution is -0.276. The van der Waals surface area contributed by atoms with Crippen molar-refractivity contribution in [2.24, 2.45) is 11.8 Å². The highest BCUT2D eigenvalue weighted by molar-refractivity contribution is 5.91. The molecule has 2 bridgehead atoms. The van der Waals surface area contributed by atoms with Crippen molar-refractivity contribution in [3.05, 3.63) is 11.6 Å². The summed E-state index contributed by atoms with van der Waals surface area (Å²) in [6, 6.07) is 0. The van der Waals surface area contributed by atoms with Crippen molar-refractivity contribution in [1.82, 2.24) is 0 Å². The van der Waals surface area contributed by atoms with Crippen LogP contribution in [-0.2, 0) is 14.3 Å². The van der Waals surface area contributed by atoms with Crippen molar-refractivity contribution in [3.8, 4) is 0 Å². The quantitative estimate of drug-likeness (QED) is 0.629. The third-order valence-electron chi connectivity index (χ3n) is 4.18. The molecule has 1 heterocycles. The Labute approximate surface area is 95.8 Å². The van der Waals surface area contributed by atoms with Gasteiger partial charge in [0.05, 0.1) is 12.2 Å². The van der Waals surface area contributed by atoms with Gasteiger partial charge in [0, 0.05) is 18.3 Å². The van der Waals surface area contributed by atoms with Crippen LogP contribution in [0.3, 0.4) is 0 Å². The third-order valence-corrected chi connectivity index (χ3v) is 4.18. The minimum Gasteiger partial charge on any atom is -0.349 e. The van der Waals surface area contributed by atoms with Crippen LogP contribution in [0.1, 0.15) is 33.1 Å². The Morgan fingerprint density at radius 1 is 1.31 bits per heavy atom. The van der Waals surface area contributed by atoms with Gasteiger partial charge in [-0.25, -0.2) is 0 Å². The van der Waals surface area contributed by atoms with Gasteiger partial charge < -0.3 is 9.47 Å². The van der Waals surface area contributed by atoms with Crippen LogP contribution in [0.2, 0.25) is 0 Å². The number of rotatable bonds is 0. The van der Waals surface area contributed by atoms with Crippen LogP contribution in [0.25, 0.3) is 0 Å². The summed E-state index contributed by atoms with van der Waals surface area (Å²) in [5.74, 6) is 1.17. The third kappa shape index (κ3) is 1.54. The molecule has 16 heavy (non-hydrogen) atoms. The molecule has 1 aliphatic heterocycles. The zero-order valence-electron chi connectivity index (χ0n) is 9.81. The zero-order valence-corrected chi connectivity index (χ0v) is 9.81. The SMILES string of the molecule is CC1OC2CC3=CC(=O)CCC3C(O1)C2C. The first-order chi connectivity index (χ1) is 7.65. The molecule has 5 atom stereocenters. The molecule has 1 saturated heterocycles. The number of carbonyl (C=O) groups is 1. The summed E-state index contributed by atoms with van der Waals surface area (Å²) in [6.07, 6.45) is 4.79. The Morgan fingerprint density at radius 3 is 2.94 bits per heavy atom. The Balaban J connectivity index is 1.92. The van der Waals surface area contributed by atoms with E-state index in [1.54, 1.807) is 0 Å². The molecule has 0 aromatic carbocycles. The molecule has 3 aliphatic rings. The van der Waals surface area contributed by atoms with Gasteiger partial charge in [-0.15, -0.1) is 0 Å². The number of ether oxygens (including phenoxy) is 2. The van der Waals surface area contributed by atoms with E-state index in [0.29, 0.717) is 18.3 Å². The van der Waals surface area contributed by atoms with E-state index in [0.717, 1.165) is 12.8 Å². The second-order valence-corrected chi connectivity index (χ2v) is 5.24. The summed E-state index contributed by atoms with van der Waals surface area (Å²) in [6.45, 7) is 4.17. The second-order valence-electron chi connectivity index (χ2n) is 5.24. The lowest BCUT2D eigenvalue weighted by Gasteiger charge is -2.49. The van der Waals surface area contributed by atoms with Gasteiger partial charge in [0.1, 0.15) is 0 Å². The summed E-state index contributed by atoms with van der Waals surface area (Å²) in [5, 5.41) is 0. The van der Waals surface area contributed by atoms with Crippen LogP contribution in [0.4, 0.5) is 0 Å².